The molecule has 0 radical (unpaired) electrons. The van der Waals surface area contributed by atoms with Crippen LogP contribution in [0.15, 0.2) is 58.3 Å². The van der Waals surface area contributed by atoms with E-state index < -0.39 is 67.5 Å². The normalized spacial score (nSPS) is 26.0. The SMILES string of the molecule is Cc1ccccc1S(=O)(=O)OC[C@H]1O[C@@H](C)[C@](C)(F)[C@@H]1OS(=O)(=O)c1ccccc1C(F)(F)F. The molecule has 7 nitrogen and oxygen atoms in total. The smallest absolute Gasteiger partial charge is 0.366 e. The highest BCUT2D eigenvalue weighted by Gasteiger charge is 2.56. The van der Waals surface area contributed by atoms with Crippen molar-refractivity contribution in [1.82, 2.24) is 0 Å². The van der Waals surface area contributed by atoms with Gasteiger partial charge in [0.2, 0.25) is 0 Å². The van der Waals surface area contributed by atoms with Crippen LogP contribution in [0.4, 0.5) is 17.6 Å². The lowest BCUT2D eigenvalue weighted by molar-refractivity contribution is -0.140. The van der Waals surface area contributed by atoms with Crippen LogP contribution in [0.2, 0.25) is 0 Å². The Morgan fingerprint density at radius 1 is 0.971 bits per heavy atom. The van der Waals surface area contributed by atoms with E-state index in [-0.39, 0.29) is 4.90 Å². The molecule has 0 unspecified atom stereocenters. The molecule has 1 fully saturated rings. The zero-order valence-electron chi connectivity index (χ0n) is 18.2. The molecule has 0 bridgehead atoms. The van der Waals surface area contributed by atoms with Crippen molar-refractivity contribution in [1.29, 1.82) is 0 Å². The van der Waals surface area contributed by atoms with E-state index in [1.165, 1.54) is 32.0 Å². The highest BCUT2D eigenvalue weighted by Crippen LogP contribution is 2.40. The predicted molar refractivity (Wildman–Crippen MR) is 112 cm³/mol. The van der Waals surface area contributed by atoms with Crippen LogP contribution in [-0.2, 0) is 39.5 Å². The molecule has 0 aliphatic carbocycles. The van der Waals surface area contributed by atoms with Crippen LogP contribution in [0.3, 0.4) is 0 Å². The Kier molecular flexibility index (Phi) is 7.17. The van der Waals surface area contributed by atoms with Gasteiger partial charge in [-0.2, -0.15) is 30.0 Å². The second-order valence-corrected chi connectivity index (χ2v) is 11.1. The molecule has 1 heterocycles. The molecule has 1 aliphatic heterocycles. The average Bonchev–Trinajstić information content (AvgIpc) is 2.94. The van der Waals surface area contributed by atoms with E-state index in [1.807, 2.05) is 0 Å². The highest BCUT2D eigenvalue weighted by molar-refractivity contribution is 7.87. The molecule has 4 atom stereocenters. The largest absolute Gasteiger partial charge is 0.417 e. The predicted octanol–water partition coefficient (Wildman–Crippen LogP) is 4.01. The third-order valence-electron chi connectivity index (χ3n) is 5.51. The Hall–Kier alpha value is -2.06. The van der Waals surface area contributed by atoms with Crippen molar-refractivity contribution in [2.24, 2.45) is 0 Å². The molecule has 1 aliphatic rings. The van der Waals surface area contributed by atoms with Gasteiger partial charge in [-0.05, 0) is 44.5 Å². The number of hydrogen-bond donors (Lipinski definition) is 0. The number of halogens is 4. The van der Waals surface area contributed by atoms with Crippen molar-refractivity contribution < 1.29 is 47.5 Å². The number of aryl methyl sites for hydroxylation is 1. The van der Waals surface area contributed by atoms with Crippen LogP contribution in [0.1, 0.15) is 25.0 Å². The fourth-order valence-electron chi connectivity index (χ4n) is 3.51. The molecule has 0 spiro atoms. The van der Waals surface area contributed by atoms with E-state index in [4.69, 9.17) is 13.1 Å². The second-order valence-electron chi connectivity index (χ2n) is 7.94. The van der Waals surface area contributed by atoms with Gasteiger partial charge in [-0.3, -0.25) is 8.37 Å². The first-order valence-corrected chi connectivity index (χ1v) is 12.8. The lowest BCUT2D eigenvalue weighted by Gasteiger charge is -2.26. The second kappa shape index (κ2) is 9.19. The Labute approximate surface area is 194 Å². The molecular weight excluding hydrogens is 504 g/mol. The zero-order chi connectivity index (χ0) is 25.5. The van der Waals surface area contributed by atoms with Crippen molar-refractivity contribution in [3.63, 3.8) is 0 Å². The minimum absolute atomic E-state index is 0.159. The van der Waals surface area contributed by atoms with Gasteiger partial charge in [0.25, 0.3) is 20.2 Å². The van der Waals surface area contributed by atoms with Gasteiger partial charge in [-0.25, -0.2) is 4.39 Å². The molecule has 34 heavy (non-hydrogen) atoms. The van der Waals surface area contributed by atoms with Gasteiger partial charge in [0.1, 0.15) is 17.1 Å². The Morgan fingerprint density at radius 2 is 1.53 bits per heavy atom. The summed E-state index contributed by atoms with van der Waals surface area (Å²) in [7, 11) is -9.48. The maximum absolute atomic E-state index is 15.4. The summed E-state index contributed by atoms with van der Waals surface area (Å²) in [5.74, 6) is 0. The third kappa shape index (κ3) is 5.28. The third-order valence-corrected chi connectivity index (χ3v) is 8.31. The van der Waals surface area contributed by atoms with Gasteiger partial charge in [0, 0.05) is 0 Å². The topological polar surface area (TPSA) is 96.0 Å². The molecule has 0 N–H and O–H groups in total. The first kappa shape index (κ1) is 26.5. The summed E-state index contributed by atoms with van der Waals surface area (Å²) in [4.78, 5) is -1.36. The molecule has 0 saturated carbocycles. The van der Waals surface area contributed by atoms with E-state index in [0.29, 0.717) is 17.7 Å². The van der Waals surface area contributed by atoms with Gasteiger partial charge in [0.05, 0.1) is 23.2 Å². The number of alkyl halides is 4. The van der Waals surface area contributed by atoms with Gasteiger partial charge >= 0.3 is 6.18 Å². The minimum atomic E-state index is -5.14. The van der Waals surface area contributed by atoms with Crippen LogP contribution in [0.25, 0.3) is 0 Å². The molecule has 1 saturated heterocycles. The summed E-state index contributed by atoms with van der Waals surface area (Å²) in [6, 6.07) is 9.17. The molecule has 13 heteroatoms. The monoisotopic (exact) mass is 526 g/mol. The van der Waals surface area contributed by atoms with E-state index in [1.54, 1.807) is 6.07 Å². The number of ether oxygens (including phenoxy) is 1. The van der Waals surface area contributed by atoms with Gasteiger partial charge in [0.15, 0.2) is 5.67 Å². The molecule has 2 aromatic rings. The molecule has 3 rings (SSSR count). The minimum Gasteiger partial charge on any atom is -0.366 e. The first-order valence-electron chi connectivity index (χ1n) is 9.96. The molecule has 0 aromatic heterocycles. The van der Waals surface area contributed by atoms with Crippen molar-refractivity contribution in [3.05, 3.63) is 59.7 Å². The molecule has 2 aromatic carbocycles. The highest BCUT2D eigenvalue weighted by atomic mass is 32.2. The van der Waals surface area contributed by atoms with Crippen LogP contribution in [0.5, 0.6) is 0 Å². The lowest BCUT2D eigenvalue weighted by atomic mass is 9.96. The summed E-state index contributed by atoms with van der Waals surface area (Å²) in [5.41, 5.74) is -3.61. The number of rotatable bonds is 7. The summed E-state index contributed by atoms with van der Waals surface area (Å²) in [5, 5.41) is 0. The number of benzene rings is 2. The van der Waals surface area contributed by atoms with Crippen LogP contribution in [-0.4, -0.2) is 47.4 Å². The molecular formula is C21H22F4O7S2. The maximum Gasteiger partial charge on any atom is 0.417 e. The summed E-state index contributed by atoms with van der Waals surface area (Å²) in [6.45, 7) is 2.90. The summed E-state index contributed by atoms with van der Waals surface area (Å²) in [6.07, 6.45) is -9.84. The van der Waals surface area contributed by atoms with Crippen LogP contribution in [0, 0.1) is 6.92 Å². The Morgan fingerprint density at radius 3 is 2.12 bits per heavy atom. The quantitative estimate of drug-likeness (QED) is 0.397. The fourth-order valence-corrected chi connectivity index (χ4v) is 6.04. The van der Waals surface area contributed by atoms with Gasteiger partial charge in [-0.15, -0.1) is 0 Å². The van der Waals surface area contributed by atoms with E-state index in [2.05, 4.69) is 0 Å². The van der Waals surface area contributed by atoms with Crippen molar-refractivity contribution in [2.75, 3.05) is 6.61 Å². The first-order chi connectivity index (χ1) is 15.6. The van der Waals surface area contributed by atoms with Crippen LogP contribution < -0.4 is 0 Å². The van der Waals surface area contributed by atoms with Gasteiger partial charge < -0.3 is 4.74 Å². The van der Waals surface area contributed by atoms with E-state index >= 15 is 4.39 Å². The van der Waals surface area contributed by atoms with Crippen LogP contribution >= 0.6 is 0 Å². The maximum atomic E-state index is 15.4. The standard InChI is InChI=1S/C21H22F4O7S2/c1-13-8-4-6-10-17(13)33(26,27)30-12-16-19(20(3,22)14(2)31-16)32-34(28,29)18-11-7-5-9-15(18)21(23,24)25/h4-11,14,16,19H,12H2,1-3H3/t14-,16+,19+,20-/m0/s1. The summed E-state index contributed by atoms with van der Waals surface area (Å²) < 4.78 is 121. The fraction of sp³-hybridized carbons (Fsp3) is 0.429. The Bertz CT molecular complexity index is 1260. The zero-order valence-corrected chi connectivity index (χ0v) is 19.9. The molecule has 0 amide bonds. The van der Waals surface area contributed by atoms with E-state index in [0.717, 1.165) is 19.1 Å². The lowest BCUT2D eigenvalue weighted by Crippen LogP contribution is -2.45. The number of hydrogen-bond acceptors (Lipinski definition) is 7. The van der Waals surface area contributed by atoms with Gasteiger partial charge in [-0.1, -0.05) is 30.3 Å². The summed E-state index contributed by atoms with van der Waals surface area (Å²) >= 11 is 0. The van der Waals surface area contributed by atoms with Crippen molar-refractivity contribution in [2.45, 2.75) is 60.7 Å². The molecule has 188 valence electrons. The Balaban J connectivity index is 1.90. The van der Waals surface area contributed by atoms with Crippen molar-refractivity contribution in [3.8, 4) is 0 Å². The van der Waals surface area contributed by atoms with E-state index in [9.17, 15) is 30.0 Å². The van der Waals surface area contributed by atoms with Crippen molar-refractivity contribution >= 4 is 20.2 Å². The average molecular weight is 527 g/mol.